The summed E-state index contributed by atoms with van der Waals surface area (Å²) in [6, 6.07) is 22.7. The predicted molar refractivity (Wildman–Crippen MR) is 132 cm³/mol. The highest BCUT2D eigenvalue weighted by molar-refractivity contribution is 6.00. The average Bonchev–Trinajstić information content (AvgIpc) is 2.78. The van der Waals surface area contributed by atoms with E-state index in [-0.39, 0.29) is 17.4 Å². The third-order valence-electron chi connectivity index (χ3n) is 5.74. The molecular weight excluding hydrogens is 410 g/mol. The van der Waals surface area contributed by atoms with Crippen molar-refractivity contribution in [1.29, 1.82) is 0 Å². The molecule has 4 rings (SSSR count). The maximum atomic E-state index is 13.1. The van der Waals surface area contributed by atoms with Gasteiger partial charge in [-0.15, -0.1) is 0 Å². The monoisotopic (exact) mass is 439 g/mol. The molecule has 0 fully saturated rings. The molecule has 0 aromatic heterocycles. The number of carbonyl (C=O) groups is 2. The van der Waals surface area contributed by atoms with Gasteiger partial charge in [-0.2, -0.15) is 0 Å². The van der Waals surface area contributed by atoms with Crippen molar-refractivity contribution in [3.05, 3.63) is 112 Å². The molecule has 0 saturated heterocycles. The first kappa shape index (κ1) is 22.3. The third kappa shape index (κ3) is 5.14. The summed E-state index contributed by atoms with van der Waals surface area (Å²) in [7, 11) is 0. The smallest absolute Gasteiger partial charge is 0.256 e. The zero-order valence-corrected chi connectivity index (χ0v) is 19.5. The van der Waals surface area contributed by atoms with Crippen LogP contribution in [-0.2, 0) is 6.42 Å². The molecule has 5 heteroatoms. The summed E-state index contributed by atoms with van der Waals surface area (Å²) < 4.78 is 0. The summed E-state index contributed by atoms with van der Waals surface area (Å²) in [6.45, 7) is 8.15. The molecule has 0 unspecified atom stereocenters. The van der Waals surface area contributed by atoms with Crippen molar-refractivity contribution in [1.82, 2.24) is 16.0 Å². The lowest BCUT2D eigenvalue weighted by molar-refractivity contribution is 0.0942. The van der Waals surface area contributed by atoms with Gasteiger partial charge in [0.25, 0.3) is 11.8 Å². The number of hydrogen-bond donors (Lipinski definition) is 3. The Labute approximate surface area is 194 Å². The highest BCUT2D eigenvalue weighted by atomic mass is 16.2. The largest absolute Gasteiger partial charge is 0.376 e. The van der Waals surface area contributed by atoms with E-state index in [0.29, 0.717) is 22.6 Å². The lowest BCUT2D eigenvalue weighted by Gasteiger charge is -2.36. The molecule has 3 N–H and O–H groups in total. The van der Waals surface area contributed by atoms with Gasteiger partial charge in [0.1, 0.15) is 5.82 Å². The van der Waals surface area contributed by atoms with Gasteiger partial charge in [-0.25, -0.2) is 0 Å². The summed E-state index contributed by atoms with van der Waals surface area (Å²) in [5.74, 6) is -0.236. The second kappa shape index (κ2) is 8.94. The van der Waals surface area contributed by atoms with Gasteiger partial charge in [0, 0.05) is 22.2 Å². The SMILES string of the molecule is Cc1ccc(C(=O)NC(NC(=O)c2ccc(C)cc2)=C2NC(C)(C)Cc3ccccc32)cc1. The van der Waals surface area contributed by atoms with Gasteiger partial charge in [-0.1, -0.05) is 59.7 Å². The van der Waals surface area contributed by atoms with Crippen molar-refractivity contribution in [2.45, 2.75) is 39.7 Å². The molecule has 2 amide bonds. The van der Waals surface area contributed by atoms with Gasteiger partial charge < -0.3 is 16.0 Å². The fourth-order valence-corrected chi connectivity index (χ4v) is 3.98. The summed E-state index contributed by atoms with van der Waals surface area (Å²) in [5.41, 5.74) is 5.74. The fraction of sp³-hybridized carbons (Fsp3) is 0.214. The molecule has 5 nitrogen and oxygen atoms in total. The van der Waals surface area contributed by atoms with Gasteiger partial charge in [-0.3, -0.25) is 9.59 Å². The Morgan fingerprint density at radius 2 is 1.24 bits per heavy atom. The molecule has 0 saturated carbocycles. The van der Waals surface area contributed by atoms with E-state index in [1.54, 1.807) is 24.3 Å². The summed E-state index contributed by atoms with van der Waals surface area (Å²) in [4.78, 5) is 26.2. The Morgan fingerprint density at radius 3 is 1.76 bits per heavy atom. The highest BCUT2D eigenvalue weighted by Crippen LogP contribution is 2.30. The highest BCUT2D eigenvalue weighted by Gasteiger charge is 2.30. The van der Waals surface area contributed by atoms with Crippen molar-refractivity contribution in [3.8, 4) is 0 Å². The Kier molecular flexibility index (Phi) is 6.05. The van der Waals surface area contributed by atoms with Crippen molar-refractivity contribution in [3.63, 3.8) is 0 Å². The van der Waals surface area contributed by atoms with Crippen molar-refractivity contribution in [2.24, 2.45) is 0 Å². The van der Waals surface area contributed by atoms with E-state index in [0.717, 1.165) is 28.7 Å². The standard InChI is InChI=1S/C28H29N3O2/c1-18-9-13-20(14-10-18)26(32)29-25(30-27(33)21-15-11-19(2)12-16-21)24-23-8-6-5-7-22(23)17-28(3,4)31-24/h5-16,31H,17H2,1-4H3,(H,29,32)(H,30,33). The topological polar surface area (TPSA) is 70.2 Å². The van der Waals surface area contributed by atoms with Crippen LogP contribution < -0.4 is 16.0 Å². The van der Waals surface area contributed by atoms with Crippen LogP contribution in [-0.4, -0.2) is 17.4 Å². The van der Waals surface area contributed by atoms with Crippen LogP contribution in [0, 0.1) is 13.8 Å². The number of amides is 2. The Morgan fingerprint density at radius 1 is 0.758 bits per heavy atom. The van der Waals surface area contributed by atoms with E-state index in [9.17, 15) is 9.59 Å². The van der Waals surface area contributed by atoms with E-state index >= 15 is 0 Å². The maximum absolute atomic E-state index is 13.1. The number of hydrogen-bond acceptors (Lipinski definition) is 3. The van der Waals surface area contributed by atoms with Crippen molar-refractivity contribution < 1.29 is 9.59 Å². The van der Waals surface area contributed by atoms with Crippen LogP contribution in [0.25, 0.3) is 5.70 Å². The zero-order valence-electron chi connectivity index (χ0n) is 19.5. The van der Waals surface area contributed by atoms with E-state index in [2.05, 4.69) is 35.9 Å². The third-order valence-corrected chi connectivity index (χ3v) is 5.74. The van der Waals surface area contributed by atoms with Crippen LogP contribution in [0.2, 0.25) is 0 Å². The lowest BCUT2D eigenvalue weighted by Crippen LogP contribution is -2.47. The average molecular weight is 440 g/mol. The first-order valence-electron chi connectivity index (χ1n) is 11.1. The lowest BCUT2D eigenvalue weighted by atomic mass is 9.86. The van der Waals surface area contributed by atoms with Crippen LogP contribution in [0.1, 0.15) is 56.8 Å². The van der Waals surface area contributed by atoms with Crippen LogP contribution in [0.3, 0.4) is 0 Å². The van der Waals surface area contributed by atoms with E-state index < -0.39 is 0 Å². The summed E-state index contributed by atoms with van der Waals surface area (Å²) in [6.07, 6.45) is 0.831. The molecule has 1 aliphatic heterocycles. The van der Waals surface area contributed by atoms with Crippen LogP contribution in [0.15, 0.2) is 78.6 Å². The molecule has 3 aromatic carbocycles. The second-order valence-corrected chi connectivity index (χ2v) is 9.23. The second-order valence-electron chi connectivity index (χ2n) is 9.23. The molecule has 0 atom stereocenters. The van der Waals surface area contributed by atoms with E-state index in [1.807, 2.05) is 56.3 Å². The van der Waals surface area contributed by atoms with Gasteiger partial charge in [0.15, 0.2) is 0 Å². The number of benzene rings is 3. The number of carbonyl (C=O) groups excluding carboxylic acids is 2. The number of rotatable bonds is 4. The van der Waals surface area contributed by atoms with E-state index in [4.69, 9.17) is 0 Å². The molecule has 3 aromatic rings. The molecule has 168 valence electrons. The Bertz CT molecular complexity index is 1160. The van der Waals surface area contributed by atoms with Gasteiger partial charge in [-0.05, 0) is 63.9 Å². The first-order valence-corrected chi connectivity index (χ1v) is 11.1. The fourth-order valence-electron chi connectivity index (χ4n) is 3.98. The van der Waals surface area contributed by atoms with Crippen LogP contribution in [0.4, 0.5) is 0 Å². The predicted octanol–water partition coefficient (Wildman–Crippen LogP) is 4.71. The molecule has 1 aliphatic rings. The molecule has 0 radical (unpaired) electrons. The Hall–Kier alpha value is -3.86. The normalized spacial score (nSPS) is 14.0. The van der Waals surface area contributed by atoms with Crippen molar-refractivity contribution >= 4 is 17.5 Å². The van der Waals surface area contributed by atoms with Crippen LogP contribution >= 0.6 is 0 Å². The summed E-state index contributed by atoms with van der Waals surface area (Å²) in [5, 5.41) is 9.45. The molecular formula is C28H29N3O2. The molecule has 1 heterocycles. The molecule has 0 spiro atoms. The molecule has 0 bridgehead atoms. The number of aryl methyl sites for hydroxylation is 2. The first-order chi connectivity index (χ1) is 15.7. The molecule has 33 heavy (non-hydrogen) atoms. The molecule has 0 aliphatic carbocycles. The van der Waals surface area contributed by atoms with Gasteiger partial charge >= 0.3 is 0 Å². The minimum atomic E-state index is -0.288. The number of nitrogens with one attached hydrogen (secondary N) is 3. The Balaban J connectivity index is 1.76. The zero-order chi connectivity index (χ0) is 23.6. The summed E-state index contributed by atoms with van der Waals surface area (Å²) >= 11 is 0. The van der Waals surface area contributed by atoms with E-state index in [1.165, 1.54) is 0 Å². The minimum Gasteiger partial charge on any atom is -0.376 e. The minimum absolute atomic E-state index is 0.252. The van der Waals surface area contributed by atoms with Crippen molar-refractivity contribution in [2.75, 3.05) is 0 Å². The van der Waals surface area contributed by atoms with Crippen LogP contribution in [0.5, 0.6) is 0 Å². The van der Waals surface area contributed by atoms with Gasteiger partial charge in [0.2, 0.25) is 0 Å². The maximum Gasteiger partial charge on any atom is 0.256 e. The van der Waals surface area contributed by atoms with Gasteiger partial charge in [0.05, 0.1) is 5.70 Å². The quantitative estimate of drug-likeness (QED) is 0.551. The number of fused-ring (bicyclic) bond motifs is 1.